The largest absolute Gasteiger partial charge is 0.337 e. The number of aromatic nitrogens is 4. The Hall–Kier alpha value is -2.50. The first-order valence-electron chi connectivity index (χ1n) is 8.58. The van der Waals surface area contributed by atoms with Crippen LogP contribution in [0.4, 0.5) is 0 Å². The molecule has 1 aliphatic carbocycles. The third kappa shape index (κ3) is 2.96. The second-order valence-corrected chi connectivity index (χ2v) is 6.42. The Morgan fingerprint density at radius 3 is 2.75 bits per heavy atom. The summed E-state index contributed by atoms with van der Waals surface area (Å²) in [4.78, 5) is 16.5. The molecular weight excluding hydrogens is 304 g/mol. The normalized spacial score (nSPS) is 16.3. The fourth-order valence-electron chi connectivity index (χ4n) is 3.45. The Labute approximate surface area is 139 Å². The van der Waals surface area contributed by atoms with Gasteiger partial charge in [-0.2, -0.15) is 10.1 Å². The quantitative estimate of drug-likeness (QED) is 0.691. The van der Waals surface area contributed by atoms with Crippen molar-refractivity contribution in [1.29, 1.82) is 0 Å². The lowest BCUT2D eigenvalue weighted by Crippen LogP contribution is -2.13. The van der Waals surface area contributed by atoms with Crippen LogP contribution in [0.2, 0.25) is 0 Å². The predicted molar refractivity (Wildman–Crippen MR) is 89.8 cm³/mol. The SMILES string of the molecule is O=c1cnn(Cc2nc(C3CCCCCC3)no2)c2ccccc12. The van der Waals surface area contributed by atoms with Crippen molar-refractivity contribution in [2.45, 2.75) is 51.0 Å². The molecule has 2 heterocycles. The second kappa shape index (κ2) is 6.55. The van der Waals surface area contributed by atoms with E-state index in [2.05, 4.69) is 15.2 Å². The number of fused-ring (bicyclic) bond motifs is 1. The molecule has 0 bridgehead atoms. The summed E-state index contributed by atoms with van der Waals surface area (Å²) in [6.07, 6.45) is 8.69. The topological polar surface area (TPSA) is 73.8 Å². The number of hydrogen-bond acceptors (Lipinski definition) is 5. The van der Waals surface area contributed by atoms with Gasteiger partial charge in [0.2, 0.25) is 11.3 Å². The number of hydrogen-bond donors (Lipinski definition) is 0. The van der Waals surface area contributed by atoms with Crippen molar-refractivity contribution in [3.63, 3.8) is 0 Å². The van der Waals surface area contributed by atoms with Gasteiger partial charge in [-0.3, -0.25) is 9.48 Å². The summed E-state index contributed by atoms with van der Waals surface area (Å²) in [6, 6.07) is 7.43. The number of nitrogens with zero attached hydrogens (tertiary/aromatic N) is 4. The van der Waals surface area contributed by atoms with Crippen molar-refractivity contribution >= 4 is 10.9 Å². The fraction of sp³-hybridized carbons (Fsp3) is 0.444. The maximum absolute atomic E-state index is 11.9. The summed E-state index contributed by atoms with van der Waals surface area (Å²) >= 11 is 0. The van der Waals surface area contributed by atoms with Crippen molar-refractivity contribution in [2.24, 2.45) is 0 Å². The van der Waals surface area contributed by atoms with E-state index in [0.29, 0.717) is 23.7 Å². The zero-order valence-electron chi connectivity index (χ0n) is 13.5. The minimum Gasteiger partial charge on any atom is -0.337 e. The molecule has 0 saturated heterocycles. The lowest BCUT2D eigenvalue weighted by Gasteiger charge is -2.07. The minimum atomic E-state index is -0.0773. The Morgan fingerprint density at radius 2 is 1.92 bits per heavy atom. The van der Waals surface area contributed by atoms with Crippen LogP contribution in [0.25, 0.3) is 10.9 Å². The molecule has 3 aromatic rings. The van der Waals surface area contributed by atoms with Crippen LogP contribution < -0.4 is 5.43 Å². The monoisotopic (exact) mass is 324 g/mol. The zero-order chi connectivity index (χ0) is 16.4. The van der Waals surface area contributed by atoms with Gasteiger partial charge < -0.3 is 4.52 Å². The number of benzene rings is 1. The van der Waals surface area contributed by atoms with Crippen LogP contribution in [0.1, 0.15) is 56.2 Å². The molecule has 0 atom stereocenters. The Balaban J connectivity index is 1.60. The molecule has 124 valence electrons. The van der Waals surface area contributed by atoms with Crippen molar-refractivity contribution in [1.82, 2.24) is 19.9 Å². The molecule has 2 aromatic heterocycles. The first-order chi connectivity index (χ1) is 11.8. The summed E-state index contributed by atoms with van der Waals surface area (Å²) in [5.41, 5.74) is 0.700. The van der Waals surface area contributed by atoms with Crippen molar-refractivity contribution in [3.05, 3.63) is 52.4 Å². The molecular formula is C18H20N4O2. The van der Waals surface area contributed by atoms with E-state index in [0.717, 1.165) is 24.2 Å². The Kier molecular flexibility index (Phi) is 4.11. The number of rotatable bonds is 3. The highest BCUT2D eigenvalue weighted by molar-refractivity contribution is 5.77. The van der Waals surface area contributed by atoms with E-state index < -0.39 is 0 Å². The molecule has 4 rings (SSSR count). The molecule has 0 amide bonds. The van der Waals surface area contributed by atoms with Gasteiger partial charge in [0.1, 0.15) is 6.54 Å². The highest BCUT2D eigenvalue weighted by Crippen LogP contribution is 2.29. The van der Waals surface area contributed by atoms with Crippen LogP contribution >= 0.6 is 0 Å². The number of para-hydroxylation sites is 1. The smallest absolute Gasteiger partial charge is 0.248 e. The lowest BCUT2D eigenvalue weighted by molar-refractivity contribution is 0.357. The van der Waals surface area contributed by atoms with Gasteiger partial charge in [-0.1, -0.05) is 43.0 Å². The fourth-order valence-corrected chi connectivity index (χ4v) is 3.45. The average Bonchev–Trinajstić information content (AvgIpc) is 2.90. The molecule has 1 saturated carbocycles. The first kappa shape index (κ1) is 15.1. The van der Waals surface area contributed by atoms with E-state index in [-0.39, 0.29) is 5.43 Å². The van der Waals surface area contributed by atoms with Gasteiger partial charge in [0, 0.05) is 11.3 Å². The predicted octanol–water partition coefficient (Wildman–Crippen LogP) is 3.27. The van der Waals surface area contributed by atoms with Crippen LogP contribution in [0.5, 0.6) is 0 Å². The Bertz CT molecular complexity index is 891. The van der Waals surface area contributed by atoms with Crippen molar-refractivity contribution in [2.75, 3.05) is 0 Å². The van der Waals surface area contributed by atoms with E-state index in [4.69, 9.17) is 4.52 Å². The molecule has 24 heavy (non-hydrogen) atoms. The molecule has 0 radical (unpaired) electrons. The Morgan fingerprint density at radius 1 is 1.12 bits per heavy atom. The van der Waals surface area contributed by atoms with Crippen LogP contribution in [0.15, 0.2) is 39.8 Å². The van der Waals surface area contributed by atoms with E-state index in [9.17, 15) is 4.79 Å². The molecule has 1 aromatic carbocycles. The van der Waals surface area contributed by atoms with E-state index >= 15 is 0 Å². The molecule has 0 N–H and O–H groups in total. The highest BCUT2D eigenvalue weighted by atomic mass is 16.5. The lowest BCUT2D eigenvalue weighted by atomic mass is 10.00. The van der Waals surface area contributed by atoms with Crippen LogP contribution in [-0.2, 0) is 6.54 Å². The summed E-state index contributed by atoms with van der Waals surface area (Å²) in [5.74, 6) is 1.76. The van der Waals surface area contributed by atoms with Crippen LogP contribution in [-0.4, -0.2) is 19.9 Å². The average molecular weight is 324 g/mol. The third-order valence-electron chi connectivity index (χ3n) is 4.75. The zero-order valence-corrected chi connectivity index (χ0v) is 13.5. The third-order valence-corrected chi connectivity index (χ3v) is 4.75. The van der Waals surface area contributed by atoms with Gasteiger partial charge in [0.15, 0.2) is 5.82 Å². The summed E-state index contributed by atoms with van der Waals surface area (Å²) in [6.45, 7) is 0.376. The summed E-state index contributed by atoms with van der Waals surface area (Å²) in [5, 5.41) is 9.05. The highest BCUT2D eigenvalue weighted by Gasteiger charge is 2.20. The minimum absolute atomic E-state index is 0.0773. The molecule has 1 fully saturated rings. The van der Waals surface area contributed by atoms with Crippen molar-refractivity contribution in [3.8, 4) is 0 Å². The molecule has 6 heteroatoms. The maximum atomic E-state index is 11.9. The van der Waals surface area contributed by atoms with E-state index in [1.807, 2.05) is 18.2 Å². The first-order valence-corrected chi connectivity index (χ1v) is 8.58. The molecule has 0 spiro atoms. The molecule has 1 aliphatic rings. The van der Waals surface area contributed by atoms with Gasteiger partial charge in [-0.25, -0.2) is 0 Å². The van der Waals surface area contributed by atoms with Gasteiger partial charge in [-0.05, 0) is 25.0 Å². The van der Waals surface area contributed by atoms with Crippen LogP contribution in [0, 0.1) is 0 Å². The van der Waals surface area contributed by atoms with Gasteiger partial charge >= 0.3 is 0 Å². The standard InChI is InChI=1S/C18H20N4O2/c23-16-11-19-22(15-10-6-5-9-14(15)16)12-17-20-18(21-24-17)13-7-3-1-2-4-8-13/h5-6,9-11,13H,1-4,7-8,12H2. The second-order valence-electron chi connectivity index (χ2n) is 6.42. The molecule has 0 aliphatic heterocycles. The van der Waals surface area contributed by atoms with Crippen LogP contribution in [0.3, 0.4) is 0 Å². The van der Waals surface area contributed by atoms with E-state index in [1.165, 1.54) is 31.9 Å². The maximum Gasteiger partial charge on any atom is 0.248 e. The van der Waals surface area contributed by atoms with Gasteiger partial charge in [0.25, 0.3) is 0 Å². The molecule has 0 unspecified atom stereocenters. The van der Waals surface area contributed by atoms with Gasteiger partial charge in [-0.15, -0.1) is 0 Å². The van der Waals surface area contributed by atoms with E-state index in [1.54, 1.807) is 10.7 Å². The molecule has 6 nitrogen and oxygen atoms in total. The van der Waals surface area contributed by atoms with Gasteiger partial charge in [0.05, 0.1) is 11.7 Å². The summed E-state index contributed by atoms with van der Waals surface area (Å²) in [7, 11) is 0. The van der Waals surface area contributed by atoms with Crippen molar-refractivity contribution < 1.29 is 4.52 Å². The summed E-state index contributed by atoms with van der Waals surface area (Å²) < 4.78 is 7.18.